The van der Waals surface area contributed by atoms with Crippen LogP contribution in [0.2, 0.25) is 5.02 Å². The molecular formula is C19H26ClN5O. The highest BCUT2D eigenvalue weighted by Gasteiger charge is 2.23. The second-order valence-corrected chi connectivity index (χ2v) is 7.53. The van der Waals surface area contributed by atoms with Crippen molar-refractivity contribution in [3.8, 4) is 11.4 Å². The van der Waals surface area contributed by atoms with Gasteiger partial charge in [-0.25, -0.2) is 0 Å². The third-order valence-corrected chi connectivity index (χ3v) is 4.82. The number of benzene rings is 1. The minimum absolute atomic E-state index is 0.583. The number of likely N-dealkylation sites (tertiary alicyclic amines) is 1. The van der Waals surface area contributed by atoms with Crippen LogP contribution < -0.4 is 5.32 Å². The van der Waals surface area contributed by atoms with Gasteiger partial charge in [0.1, 0.15) is 0 Å². The smallest absolute Gasteiger partial charge is 0.228 e. The molecule has 6 nitrogen and oxygen atoms in total. The monoisotopic (exact) mass is 375 g/mol. The van der Waals surface area contributed by atoms with Crippen LogP contribution in [0.25, 0.3) is 11.4 Å². The van der Waals surface area contributed by atoms with Gasteiger partial charge < -0.3 is 14.7 Å². The summed E-state index contributed by atoms with van der Waals surface area (Å²) in [4.78, 5) is 11.2. The van der Waals surface area contributed by atoms with E-state index < -0.39 is 0 Å². The van der Waals surface area contributed by atoms with E-state index in [1.54, 1.807) is 0 Å². The Morgan fingerprint density at radius 2 is 1.96 bits per heavy atom. The number of nitrogens with one attached hydrogen (secondary N) is 1. The van der Waals surface area contributed by atoms with Crippen LogP contribution in [0.1, 0.15) is 26.2 Å². The lowest BCUT2D eigenvalue weighted by atomic mass is 9.92. The van der Waals surface area contributed by atoms with Gasteiger partial charge in [0.2, 0.25) is 11.7 Å². The van der Waals surface area contributed by atoms with Crippen LogP contribution in [0.5, 0.6) is 0 Å². The Morgan fingerprint density at radius 3 is 2.62 bits per heavy atom. The lowest BCUT2D eigenvalue weighted by Gasteiger charge is -2.37. The first-order valence-electron chi connectivity index (χ1n) is 9.09. The Balaban J connectivity index is 1.53. The van der Waals surface area contributed by atoms with Crippen LogP contribution in [-0.2, 0) is 6.42 Å². The van der Waals surface area contributed by atoms with E-state index in [1.165, 1.54) is 6.42 Å². The fourth-order valence-electron chi connectivity index (χ4n) is 3.52. The summed E-state index contributed by atoms with van der Waals surface area (Å²) in [5.74, 6) is 3.52. The number of rotatable bonds is 4. The van der Waals surface area contributed by atoms with E-state index in [-0.39, 0.29) is 0 Å². The summed E-state index contributed by atoms with van der Waals surface area (Å²) in [5, 5.41) is 8.15. The second kappa shape index (κ2) is 8.54. The molecule has 1 aromatic carbocycles. The highest BCUT2D eigenvalue weighted by Crippen LogP contribution is 2.21. The van der Waals surface area contributed by atoms with Gasteiger partial charge in [-0.05, 0) is 42.5 Å². The van der Waals surface area contributed by atoms with Crippen LogP contribution in [0.4, 0.5) is 0 Å². The predicted octanol–water partition coefficient (Wildman–Crippen LogP) is 3.49. The summed E-state index contributed by atoms with van der Waals surface area (Å²) < 4.78 is 5.36. The van der Waals surface area contributed by atoms with Gasteiger partial charge in [0.25, 0.3) is 0 Å². The summed E-state index contributed by atoms with van der Waals surface area (Å²) >= 11 is 5.91. The molecule has 1 aromatic heterocycles. The van der Waals surface area contributed by atoms with Gasteiger partial charge in [-0.1, -0.05) is 30.6 Å². The second-order valence-electron chi connectivity index (χ2n) is 7.09. The first kappa shape index (κ1) is 18.7. The minimum atomic E-state index is 0.583. The molecule has 26 heavy (non-hydrogen) atoms. The summed E-state index contributed by atoms with van der Waals surface area (Å²) in [6, 6.07) is 7.41. The van der Waals surface area contributed by atoms with E-state index in [2.05, 4.69) is 39.2 Å². The van der Waals surface area contributed by atoms with Crippen molar-refractivity contribution in [2.24, 2.45) is 16.8 Å². The molecule has 0 saturated carbocycles. The van der Waals surface area contributed by atoms with E-state index in [4.69, 9.17) is 16.1 Å². The molecular weight excluding hydrogens is 350 g/mol. The van der Waals surface area contributed by atoms with Crippen molar-refractivity contribution in [3.63, 3.8) is 0 Å². The predicted molar refractivity (Wildman–Crippen MR) is 104 cm³/mol. The standard InChI is InChI=1S/C19H26ClN5O/c1-13-10-14(2)12-25(11-13)19(21-3)22-9-8-17-23-18(24-26-17)15-4-6-16(20)7-5-15/h4-7,13-14H,8-12H2,1-3H3,(H,21,22). The van der Waals surface area contributed by atoms with Crippen LogP contribution >= 0.6 is 11.6 Å². The van der Waals surface area contributed by atoms with Gasteiger partial charge in [-0.15, -0.1) is 0 Å². The number of nitrogens with zero attached hydrogens (tertiary/aromatic N) is 4. The van der Waals surface area contributed by atoms with E-state index in [0.717, 1.165) is 24.6 Å². The molecule has 0 amide bonds. The van der Waals surface area contributed by atoms with E-state index >= 15 is 0 Å². The Kier molecular flexibility index (Phi) is 6.14. The molecule has 3 rings (SSSR count). The van der Waals surface area contributed by atoms with Crippen molar-refractivity contribution >= 4 is 17.6 Å². The van der Waals surface area contributed by atoms with Crippen LogP contribution in [0, 0.1) is 11.8 Å². The Bertz CT molecular complexity index is 733. The molecule has 2 heterocycles. The normalized spacial score (nSPS) is 21.1. The van der Waals surface area contributed by atoms with E-state index in [0.29, 0.717) is 41.5 Å². The van der Waals surface area contributed by atoms with Gasteiger partial charge in [0, 0.05) is 43.7 Å². The number of hydrogen-bond acceptors (Lipinski definition) is 4. The maximum absolute atomic E-state index is 5.91. The highest BCUT2D eigenvalue weighted by atomic mass is 35.5. The fraction of sp³-hybridized carbons (Fsp3) is 0.526. The molecule has 1 aliphatic rings. The van der Waals surface area contributed by atoms with E-state index in [9.17, 15) is 0 Å². The molecule has 2 aromatic rings. The van der Waals surface area contributed by atoms with Crippen LogP contribution in [-0.4, -0.2) is 47.7 Å². The summed E-state index contributed by atoms with van der Waals surface area (Å²) in [7, 11) is 1.83. The number of aliphatic imine (C=N–C) groups is 1. The first-order valence-corrected chi connectivity index (χ1v) is 9.47. The average molecular weight is 376 g/mol. The Morgan fingerprint density at radius 1 is 1.27 bits per heavy atom. The van der Waals surface area contributed by atoms with Crippen molar-refractivity contribution in [3.05, 3.63) is 35.2 Å². The first-order chi connectivity index (χ1) is 12.5. The molecule has 2 unspecified atom stereocenters. The summed E-state index contributed by atoms with van der Waals surface area (Å²) in [6.45, 7) is 7.39. The van der Waals surface area contributed by atoms with Gasteiger partial charge >= 0.3 is 0 Å². The van der Waals surface area contributed by atoms with Gasteiger partial charge in [0.05, 0.1) is 0 Å². The van der Waals surface area contributed by atoms with Crippen molar-refractivity contribution < 1.29 is 4.52 Å². The van der Waals surface area contributed by atoms with Gasteiger partial charge in [-0.2, -0.15) is 4.98 Å². The number of hydrogen-bond donors (Lipinski definition) is 1. The quantitative estimate of drug-likeness (QED) is 0.654. The molecule has 1 N–H and O–H groups in total. The molecule has 0 aliphatic carbocycles. The fourth-order valence-corrected chi connectivity index (χ4v) is 3.65. The molecule has 1 aliphatic heterocycles. The number of piperidine rings is 1. The van der Waals surface area contributed by atoms with Crippen molar-refractivity contribution in [2.75, 3.05) is 26.7 Å². The SMILES string of the molecule is CN=C(NCCc1nc(-c2ccc(Cl)cc2)no1)N1CC(C)CC(C)C1. The number of aromatic nitrogens is 2. The van der Waals surface area contributed by atoms with Crippen LogP contribution in [0.3, 0.4) is 0 Å². The lowest BCUT2D eigenvalue weighted by molar-refractivity contribution is 0.208. The zero-order chi connectivity index (χ0) is 18.5. The maximum Gasteiger partial charge on any atom is 0.228 e. The molecule has 2 atom stereocenters. The Labute approximate surface area is 159 Å². The lowest BCUT2D eigenvalue weighted by Crippen LogP contribution is -2.48. The molecule has 0 radical (unpaired) electrons. The average Bonchev–Trinajstić information content (AvgIpc) is 3.07. The zero-order valence-corrected chi connectivity index (χ0v) is 16.3. The van der Waals surface area contributed by atoms with E-state index in [1.807, 2.05) is 31.3 Å². The molecule has 140 valence electrons. The minimum Gasteiger partial charge on any atom is -0.356 e. The molecule has 0 bridgehead atoms. The molecule has 1 fully saturated rings. The summed E-state index contributed by atoms with van der Waals surface area (Å²) in [5.41, 5.74) is 0.893. The molecule has 7 heteroatoms. The summed E-state index contributed by atoms with van der Waals surface area (Å²) in [6.07, 6.45) is 1.93. The Hall–Kier alpha value is -2.08. The number of halogens is 1. The molecule has 1 saturated heterocycles. The van der Waals surface area contributed by atoms with Gasteiger partial charge in [0.15, 0.2) is 5.96 Å². The maximum atomic E-state index is 5.91. The topological polar surface area (TPSA) is 66.5 Å². The largest absolute Gasteiger partial charge is 0.356 e. The zero-order valence-electron chi connectivity index (χ0n) is 15.6. The third-order valence-electron chi connectivity index (χ3n) is 4.57. The molecule has 0 spiro atoms. The number of guanidine groups is 1. The van der Waals surface area contributed by atoms with Gasteiger partial charge in [-0.3, -0.25) is 4.99 Å². The van der Waals surface area contributed by atoms with Crippen molar-refractivity contribution in [1.82, 2.24) is 20.4 Å². The van der Waals surface area contributed by atoms with Crippen molar-refractivity contribution in [2.45, 2.75) is 26.7 Å². The highest BCUT2D eigenvalue weighted by molar-refractivity contribution is 6.30. The third kappa shape index (κ3) is 4.75. The van der Waals surface area contributed by atoms with Crippen LogP contribution in [0.15, 0.2) is 33.8 Å². The van der Waals surface area contributed by atoms with Crippen molar-refractivity contribution in [1.29, 1.82) is 0 Å².